The molecule has 4 rings (SSSR count). The number of amides is 6. The molecule has 0 unspecified atom stereocenters. The maximum absolute atomic E-state index is 14.6. The van der Waals surface area contributed by atoms with Gasteiger partial charge in [-0.1, -0.05) is 74.5 Å². The minimum absolute atomic E-state index is 0.0496. The second kappa shape index (κ2) is 19.1. The van der Waals surface area contributed by atoms with E-state index < -0.39 is 65.5 Å². The average Bonchev–Trinajstić information content (AvgIpc) is 3.67. The highest BCUT2D eigenvalue weighted by Crippen LogP contribution is 2.35. The van der Waals surface area contributed by atoms with Crippen LogP contribution in [0.3, 0.4) is 0 Å². The van der Waals surface area contributed by atoms with Crippen molar-refractivity contribution in [3.05, 3.63) is 71.8 Å². The van der Waals surface area contributed by atoms with Crippen LogP contribution in [0, 0.1) is 11.8 Å². The largest absolute Gasteiger partial charge is 0.444 e. The van der Waals surface area contributed by atoms with Crippen LogP contribution in [0.15, 0.2) is 60.7 Å². The SMILES string of the molecule is CSCC[C@H](NC(=O)[C@H](CC(C)C)N1C[C@H]2CCN(C(=O)[C@H](Cc3ccccc3)NC(=O)[C@H](Cc3ccccc3)NC(=O)OC(C)(C)C)[C@H]2C1=O)C(N)=O. The van der Waals surface area contributed by atoms with Crippen LogP contribution in [0.2, 0.25) is 0 Å². The summed E-state index contributed by atoms with van der Waals surface area (Å²) in [5, 5.41) is 8.40. The van der Waals surface area contributed by atoms with Crippen LogP contribution in [0.1, 0.15) is 65.0 Å². The van der Waals surface area contributed by atoms with Gasteiger partial charge in [-0.05, 0) is 69.1 Å². The Balaban J connectivity index is 1.58. The number of alkyl carbamates (subject to hydrolysis) is 1. The second-order valence-electron chi connectivity index (χ2n) is 15.5. The molecule has 2 heterocycles. The quantitative estimate of drug-likeness (QED) is 0.190. The Morgan fingerprint density at radius 1 is 0.870 bits per heavy atom. The number of hydrogen-bond acceptors (Lipinski definition) is 8. The Morgan fingerprint density at radius 3 is 1.98 bits per heavy atom. The molecule has 2 saturated heterocycles. The van der Waals surface area contributed by atoms with E-state index in [1.807, 2.05) is 80.8 Å². The number of thioether (sulfide) groups is 1. The molecule has 2 fully saturated rings. The van der Waals surface area contributed by atoms with Crippen LogP contribution in [-0.2, 0) is 41.6 Å². The molecular formula is C40H56N6O7S. The minimum Gasteiger partial charge on any atom is -0.444 e. The summed E-state index contributed by atoms with van der Waals surface area (Å²) >= 11 is 1.53. The number of likely N-dealkylation sites (tertiary alicyclic amines) is 2. The number of fused-ring (bicyclic) bond motifs is 1. The molecule has 0 spiro atoms. The molecule has 0 aromatic heterocycles. The number of nitrogens with one attached hydrogen (secondary N) is 3. The maximum Gasteiger partial charge on any atom is 0.408 e. The molecule has 2 aromatic rings. The van der Waals surface area contributed by atoms with Gasteiger partial charge in [0.2, 0.25) is 29.5 Å². The second-order valence-corrected chi connectivity index (χ2v) is 16.5. The van der Waals surface area contributed by atoms with Crippen molar-refractivity contribution in [1.29, 1.82) is 0 Å². The van der Waals surface area contributed by atoms with Crippen LogP contribution in [0.25, 0.3) is 0 Å². The van der Waals surface area contributed by atoms with Crippen molar-refractivity contribution in [1.82, 2.24) is 25.8 Å². The van der Waals surface area contributed by atoms with E-state index in [4.69, 9.17) is 10.5 Å². The number of rotatable bonds is 17. The number of hydrogen-bond donors (Lipinski definition) is 4. The molecule has 2 aliphatic rings. The summed E-state index contributed by atoms with van der Waals surface area (Å²) < 4.78 is 5.46. The molecular weight excluding hydrogens is 709 g/mol. The van der Waals surface area contributed by atoms with Gasteiger partial charge < -0.3 is 36.2 Å². The van der Waals surface area contributed by atoms with Crippen LogP contribution in [-0.4, -0.2) is 106 Å². The molecule has 6 atom stereocenters. The lowest BCUT2D eigenvalue weighted by molar-refractivity contribution is -0.146. The molecule has 2 aromatic carbocycles. The minimum atomic E-state index is -1.07. The Morgan fingerprint density at radius 2 is 1.44 bits per heavy atom. The lowest BCUT2D eigenvalue weighted by Gasteiger charge is -2.32. The lowest BCUT2D eigenvalue weighted by atomic mass is 10.0. The van der Waals surface area contributed by atoms with E-state index >= 15 is 0 Å². The fourth-order valence-electron chi connectivity index (χ4n) is 7.07. The highest BCUT2D eigenvalue weighted by molar-refractivity contribution is 7.98. The van der Waals surface area contributed by atoms with Gasteiger partial charge in [0.1, 0.15) is 35.8 Å². The monoisotopic (exact) mass is 764 g/mol. The molecule has 54 heavy (non-hydrogen) atoms. The molecule has 0 saturated carbocycles. The molecule has 0 radical (unpaired) electrons. The zero-order valence-corrected chi connectivity index (χ0v) is 33.0. The molecule has 0 bridgehead atoms. The predicted octanol–water partition coefficient (Wildman–Crippen LogP) is 3.05. The number of carbonyl (C=O) groups is 6. The smallest absolute Gasteiger partial charge is 0.408 e. The van der Waals surface area contributed by atoms with Crippen molar-refractivity contribution in [3.8, 4) is 0 Å². The van der Waals surface area contributed by atoms with Gasteiger partial charge in [0, 0.05) is 31.8 Å². The van der Waals surface area contributed by atoms with Crippen molar-refractivity contribution < 1.29 is 33.5 Å². The third-order valence-corrected chi connectivity index (χ3v) is 10.2. The summed E-state index contributed by atoms with van der Waals surface area (Å²) in [5.74, 6) is -1.98. The van der Waals surface area contributed by atoms with E-state index in [1.165, 1.54) is 16.7 Å². The van der Waals surface area contributed by atoms with Gasteiger partial charge in [-0.2, -0.15) is 11.8 Å². The van der Waals surface area contributed by atoms with Crippen LogP contribution < -0.4 is 21.7 Å². The first-order valence-electron chi connectivity index (χ1n) is 18.6. The van der Waals surface area contributed by atoms with E-state index in [0.29, 0.717) is 31.6 Å². The van der Waals surface area contributed by atoms with Gasteiger partial charge >= 0.3 is 6.09 Å². The molecule has 2 aliphatic heterocycles. The fourth-order valence-corrected chi connectivity index (χ4v) is 7.54. The summed E-state index contributed by atoms with van der Waals surface area (Å²) in [6.07, 6.45) is 2.68. The van der Waals surface area contributed by atoms with Crippen LogP contribution >= 0.6 is 11.8 Å². The average molecular weight is 765 g/mol. The van der Waals surface area contributed by atoms with Crippen molar-refractivity contribution in [2.45, 2.75) is 103 Å². The number of nitrogens with zero attached hydrogens (tertiary/aromatic N) is 2. The van der Waals surface area contributed by atoms with Gasteiger partial charge in [-0.3, -0.25) is 24.0 Å². The Labute approximate surface area is 322 Å². The summed E-state index contributed by atoms with van der Waals surface area (Å²) in [6.45, 7) is 9.67. The molecule has 0 aliphatic carbocycles. The van der Waals surface area contributed by atoms with E-state index in [0.717, 1.165) is 11.1 Å². The summed E-state index contributed by atoms with van der Waals surface area (Å²) in [6, 6.07) is 13.8. The lowest BCUT2D eigenvalue weighted by Crippen LogP contribution is -2.58. The molecule has 5 N–H and O–H groups in total. The number of primary amides is 1. The summed E-state index contributed by atoms with van der Waals surface area (Å²) in [4.78, 5) is 84.8. The summed E-state index contributed by atoms with van der Waals surface area (Å²) in [7, 11) is 0. The van der Waals surface area contributed by atoms with E-state index in [2.05, 4.69) is 16.0 Å². The zero-order chi connectivity index (χ0) is 39.6. The fraction of sp³-hybridized carbons (Fsp3) is 0.550. The standard InChI is InChI=1S/C40H56N6O7S/c1-25(2)21-32(36(49)42-29(34(41)47)18-20-54-6)46-24-28-17-19-45(33(28)38(46)51)37(50)31(23-27-15-11-8-12-16-27)43-35(48)30(22-26-13-9-7-10-14-26)44-39(52)53-40(3,4)5/h7-16,25,28-33H,17-24H2,1-6H3,(H2,41,47)(H,42,49)(H,43,48)(H,44,52)/t28-,29+,30+,31+,32+,33-/m1/s1. The van der Waals surface area contributed by atoms with Crippen molar-refractivity contribution in [2.75, 3.05) is 25.1 Å². The first-order valence-corrected chi connectivity index (χ1v) is 20.0. The first kappa shape index (κ1) is 42.2. The van der Waals surface area contributed by atoms with E-state index in [1.54, 1.807) is 25.7 Å². The van der Waals surface area contributed by atoms with Gasteiger partial charge in [0.15, 0.2) is 0 Å². The molecule has 294 valence electrons. The van der Waals surface area contributed by atoms with Crippen molar-refractivity contribution in [3.63, 3.8) is 0 Å². The Hall–Kier alpha value is -4.59. The van der Waals surface area contributed by atoms with Crippen molar-refractivity contribution >= 4 is 47.4 Å². The normalized spacial score (nSPS) is 19.1. The van der Waals surface area contributed by atoms with Gasteiger partial charge in [-0.25, -0.2) is 4.79 Å². The van der Waals surface area contributed by atoms with Gasteiger partial charge in [0.05, 0.1) is 0 Å². The molecule has 14 heteroatoms. The van der Waals surface area contributed by atoms with Gasteiger partial charge in [-0.15, -0.1) is 0 Å². The third-order valence-electron chi connectivity index (χ3n) is 9.60. The molecule has 6 amide bonds. The number of nitrogens with two attached hydrogens (primary N) is 1. The zero-order valence-electron chi connectivity index (χ0n) is 32.2. The topological polar surface area (TPSA) is 180 Å². The van der Waals surface area contributed by atoms with Crippen LogP contribution in [0.4, 0.5) is 4.79 Å². The first-order chi connectivity index (χ1) is 25.6. The number of ether oxygens (including phenoxy) is 1. The highest BCUT2D eigenvalue weighted by atomic mass is 32.2. The molecule has 13 nitrogen and oxygen atoms in total. The maximum atomic E-state index is 14.6. The highest BCUT2D eigenvalue weighted by Gasteiger charge is 2.53. The Kier molecular flexibility index (Phi) is 14.9. The van der Waals surface area contributed by atoms with Crippen molar-refractivity contribution in [2.24, 2.45) is 17.6 Å². The number of carbonyl (C=O) groups excluding carboxylic acids is 6. The Bertz CT molecular complexity index is 1620. The van der Waals surface area contributed by atoms with Crippen LogP contribution in [0.5, 0.6) is 0 Å². The predicted molar refractivity (Wildman–Crippen MR) is 208 cm³/mol. The third kappa shape index (κ3) is 11.7. The summed E-state index contributed by atoms with van der Waals surface area (Å²) in [5.41, 5.74) is 6.40. The van der Waals surface area contributed by atoms with E-state index in [-0.39, 0.29) is 37.1 Å². The van der Waals surface area contributed by atoms with Gasteiger partial charge in [0.25, 0.3) is 0 Å². The number of benzene rings is 2. The van der Waals surface area contributed by atoms with E-state index in [9.17, 15) is 28.8 Å².